The number of anilines is 1. The van der Waals surface area contributed by atoms with Crippen molar-refractivity contribution in [2.24, 2.45) is 0 Å². The van der Waals surface area contributed by atoms with E-state index in [4.69, 9.17) is 4.74 Å². The fourth-order valence-corrected chi connectivity index (χ4v) is 3.17. The SMILES string of the molecule is CCOC(=O)C1=C(CN2CCCc3cc(F)cc(F)c32)NC(=O)NC1. The number of hydrogen-bond acceptors (Lipinski definition) is 4. The van der Waals surface area contributed by atoms with Crippen LogP contribution in [0, 0.1) is 11.6 Å². The van der Waals surface area contributed by atoms with Gasteiger partial charge in [0.2, 0.25) is 0 Å². The Morgan fingerprint density at radius 3 is 2.92 bits per heavy atom. The number of benzene rings is 1. The summed E-state index contributed by atoms with van der Waals surface area (Å²) >= 11 is 0. The zero-order valence-electron chi connectivity index (χ0n) is 13.8. The van der Waals surface area contributed by atoms with Gasteiger partial charge in [-0.15, -0.1) is 0 Å². The second-order valence-electron chi connectivity index (χ2n) is 5.91. The highest BCUT2D eigenvalue weighted by Gasteiger charge is 2.28. The van der Waals surface area contributed by atoms with E-state index in [-0.39, 0.29) is 19.7 Å². The Labute approximate surface area is 143 Å². The number of ether oxygens (including phenoxy) is 1. The molecule has 0 saturated carbocycles. The highest BCUT2D eigenvalue weighted by atomic mass is 19.1. The van der Waals surface area contributed by atoms with E-state index in [9.17, 15) is 18.4 Å². The fourth-order valence-electron chi connectivity index (χ4n) is 3.17. The zero-order valence-corrected chi connectivity index (χ0v) is 13.8. The van der Waals surface area contributed by atoms with Crippen molar-refractivity contribution in [3.8, 4) is 0 Å². The standard InChI is InChI=1S/C17H19F2N3O3/c1-2-25-16(23)12-8-20-17(24)21-14(12)9-22-5-3-4-10-6-11(18)7-13(19)15(10)22/h6-7H,2-5,8-9H2,1H3,(H2,20,21,24). The van der Waals surface area contributed by atoms with Gasteiger partial charge < -0.3 is 20.3 Å². The van der Waals surface area contributed by atoms with Gasteiger partial charge in [0, 0.05) is 12.6 Å². The molecular weight excluding hydrogens is 332 g/mol. The van der Waals surface area contributed by atoms with Crippen LogP contribution >= 0.6 is 0 Å². The minimum atomic E-state index is -0.645. The van der Waals surface area contributed by atoms with E-state index in [1.165, 1.54) is 6.07 Å². The molecule has 0 aromatic heterocycles. The van der Waals surface area contributed by atoms with Crippen molar-refractivity contribution < 1.29 is 23.1 Å². The smallest absolute Gasteiger partial charge is 0.337 e. The van der Waals surface area contributed by atoms with Gasteiger partial charge in [-0.3, -0.25) is 0 Å². The number of urea groups is 1. The molecule has 6 nitrogen and oxygen atoms in total. The summed E-state index contributed by atoms with van der Waals surface area (Å²) in [4.78, 5) is 25.5. The summed E-state index contributed by atoms with van der Waals surface area (Å²) in [5, 5.41) is 5.13. The van der Waals surface area contributed by atoms with Gasteiger partial charge in [0.25, 0.3) is 0 Å². The first-order chi connectivity index (χ1) is 12.0. The van der Waals surface area contributed by atoms with E-state index in [2.05, 4.69) is 10.6 Å². The van der Waals surface area contributed by atoms with Crippen molar-refractivity contribution in [2.75, 3.05) is 31.1 Å². The van der Waals surface area contributed by atoms with Gasteiger partial charge in [-0.1, -0.05) is 0 Å². The predicted molar refractivity (Wildman–Crippen MR) is 87.1 cm³/mol. The van der Waals surface area contributed by atoms with E-state index in [0.717, 1.165) is 12.5 Å². The lowest BCUT2D eigenvalue weighted by molar-refractivity contribution is -0.138. The second kappa shape index (κ2) is 7.08. The summed E-state index contributed by atoms with van der Waals surface area (Å²) in [7, 11) is 0. The number of carbonyl (C=O) groups excluding carboxylic acids is 2. The Balaban J connectivity index is 1.93. The molecule has 0 unspecified atom stereocenters. The number of carbonyl (C=O) groups is 2. The van der Waals surface area contributed by atoms with Crippen molar-refractivity contribution >= 4 is 17.7 Å². The highest BCUT2D eigenvalue weighted by Crippen LogP contribution is 2.31. The van der Waals surface area contributed by atoms with Crippen LogP contribution in [0.4, 0.5) is 19.3 Å². The number of amides is 2. The molecule has 25 heavy (non-hydrogen) atoms. The van der Waals surface area contributed by atoms with Gasteiger partial charge in [-0.2, -0.15) is 0 Å². The third kappa shape index (κ3) is 3.57. The minimum absolute atomic E-state index is 0.0482. The molecule has 3 rings (SSSR count). The molecule has 2 aliphatic heterocycles. The van der Waals surface area contributed by atoms with Gasteiger partial charge in [0.1, 0.15) is 11.6 Å². The molecule has 2 heterocycles. The molecule has 0 saturated heterocycles. The molecule has 0 radical (unpaired) electrons. The first-order valence-electron chi connectivity index (χ1n) is 8.16. The van der Waals surface area contributed by atoms with E-state index >= 15 is 0 Å². The van der Waals surface area contributed by atoms with E-state index in [0.29, 0.717) is 35.5 Å². The normalized spacial score (nSPS) is 16.9. The second-order valence-corrected chi connectivity index (χ2v) is 5.91. The Kier molecular flexibility index (Phi) is 4.87. The summed E-state index contributed by atoms with van der Waals surface area (Å²) in [5.74, 6) is -1.78. The highest BCUT2D eigenvalue weighted by molar-refractivity contribution is 5.93. The largest absolute Gasteiger partial charge is 0.463 e. The van der Waals surface area contributed by atoms with Crippen molar-refractivity contribution in [3.63, 3.8) is 0 Å². The molecular formula is C17H19F2N3O3. The number of nitrogens with one attached hydrogen (secondary N) is 2. The van der Waals surface area contributed by atoms with E-state index < -0.39 is 23.6 Å². The molecule has 1 aromatic carbocycles. The maximum Gasteiger partial charge on any atom is 0.337 e. The lowest BCUT2D eigenvalue weighted by Gasteiger charge is -2.34. The van der Waals surface area contributed by atoms with Gasteiger partial charge >= 0.3 is 12.0 Å². The number of halogens is 2. The van der Waals surface area contributed by atoms with Crippen LogP contribution < -0.4 is 15.5 Å². The summed E-state index contributed by atoms with van der Waals surface area (Å²) < 4.78 is 32.8. The monoisotopic (exact) mass is 351 g/mol. The molecule has 0 fully saturated rings. The third-order valence-corrected chi connectivity index (χ3v) is 4.22. The maximum atomic E-state index is 14.3. The fraction of sp³-hybridized carbons (Fsp3) is 0.412. The minimum Gasteiger partial charge on any atom is -0.463 e. The molecule has 2 amide bonds. The van der Waals surface area contributed by atoms with Crippen molar-refractivity contribution in [1.29, 1.82) is 0 Å². The van der Waals surface area contributed by atoms with Crippen molar-refractivity contribution in [2.45, 2.75) is 19.8 Å². The van der Waals surface area contributed by atoms with Crippen LogP contribution in [-0.4, -0.2) is 38.2 Å². The summed E-state index contributed by atoms with van der Waals surface area (Å²) in [6, 6.07) is 1.74. The molecule has 1 aromatic rings. The van der Waals surface area contributed by atoms with Crippen LogP contribution in [0.1, 0.15) is 18.9 Å². The van der Waals surface area contributed by atoms with Gasteiger partial charge in [0.15, 0.2) is 0 Å². The van der Waals surface area contributed by atoms with E-state index in [1.807, 2.05) is 0 Å². The maximum absolute atomic E-state index is 14.3. The first kappa shape index (κ1) is 17.2. The molecule has 2 N–H and O–H groups in total. The van der Waals surface area contributed by atoms with Crippen LogP contribution in [-0.2, 0) is 16.0 Å². The number of nitrogens with zero attached hydrogens (tertiary/aromatic N) is 1. The summed E-state index contributed by atoms with van der Waals surface area (Å²) in [6.45, 7) is 2.63. The summed E-state index contributed by atoms with van der Waals surface area (Å²) in [5.41, 5.74) is 1.58. The quantitative estimate of drug-likeness (QED) is 0.813. The molecule has 0 spiro atoms. The van der Waals surface area contributed by atoms with Crippen molar-refractivity contribution in [1.82, 2.24) is 10.6 Å². The molecule has 8 heteroatoms. The number of esters is 1. The molecule has 2 aliphatic rings. The number of aryl methyl sites for hydroxylation is 1. The van der Waals surface area contributed by atoms with Gasteiger partial charge in [0.05, 0.1) is 36.7 Å². The van der Waals surface area contributed by atoms with E-state index in [1.54, 1.807) is 11.8 Å². The average molecular weight is 351 g/mol. The first-order valence-corrected chi connectivity index (χ1v) is 8.16. The predicted octanol–water partition coefficient (Wildman–Crippen LogP) is 1.85. The van der Waals surface area contributed by atoms with Crippen LogP contribution in [0.15, 0.2) is 23.4 Å². The molecule has 0 bridgehead atoms. The van der Waals surface area contributed by atoms with Crippen molar-refractivity contribution in [3.05, 3.63) is 40.6 Å². The molecule has 0 aliphatic carbocycles. The number of fused-ring (bicyclic) bond motifs is 1. The lowest BCUT2D eigenvalue weighted by Crippen LogP contribution is -2.47. The van der Waals surface area contributed by atoms with Crippen LogP contribution in [0.25, 0.3) is 0 Å². The van der Waals surface area contributed by atoms with Gasteiger partial charge in [-0.25, -0.2) is 18.4 Å². The number of rotatable bonds is 4. The lowest BCUT2D eigenvalue weighted by atomic mass is 10.00. The molecule has 134 valence electrons. The zero-order chi connectivity index (χ0) is 18.0. The Bertz CT molecular complexity index is 749. The topological polar surface area (TPSA) is 70.7 Å². The Hall–Kier alpha value is -2.64. The summed E-state index contributed by atoms with van der Waals surface area (Å²) in [6.07, 6.45) is 1.31. The van der Waals surface area contributed by atoms with Crippen LogP contribution in [0.3, 0.4) is 0 Å². The van der Waals surface area contributed by atoms with Crippen LogP contribution in [0.5, 0.6) is 0 Å². The number of hydrogen-bond donors (Lipinski definition) is 2. The Morgan fingerprint density at radius 2 is 2.16 bits per heavy atom. The van der Waals surface area contributed by atoms with Gasteiger partial charge in [-0.05, 0) is 31.4 Å². The van der Waals surface area contributed by atoms with Crippen LogP contribution in [0.2, 0.25) is 0 Å². The third-order valence-electron chi connectivity index (χ3n) is 4.22. The molecule has 0 atom stereocenters. The average Bonchev–Trinajstić information content (AvgIpc) is 2.54. The Morgan fingerprint density at radius 1 is 1.36 bits per heavy atom.